The fraction of sp³-hybridized carbons (Fsp3) is 0.100. The van der Waals surface area contributed by atoms with Crippen LogP contribution in [-0.4, -0.2) is 10.2 Å². The van der Waals surface area contributed by atoms with Crippen molar-refractivity contribution in [1.29, 1.82) is 0 Å². The molecule has 0 radical (unpaired) electrons. The molecule has 0 heterocycles. The van der Waals surface area contributed by atoms with E-state index in [1.165, 1.54) is 12.1 Å². The summed E-state index contributed by atoms with van der Waals surface area (Å²) in [4.78, 5) is 0. The summed E-state index contributed by atoms with van der Waals surface area (Å²) >= 11 is 0. The van der Waals surface area contributed by atoms with Crippen molar-refractivity contribution in [3.8, 4) is 11.5 Å². The van der Waals surface area contributed by atoms with Gasteiger partial charge in [0, 0.05) is 5.39 Å². The lowest BCUT2D eigenvalue weighted by Crippen LogP contribution is -1.91. The van der Waals surface area contributed by atoms with Gasteiger partial charge in [-0.25, -0.2) is 4.39 Å². The highest BCUT2D eigenvalue weighted by molar-refractivity contribution is 6.17. The molecule has 3 heteroatoms. The molecule has 23 heavy (non-hydrogen) atoms. The van der Waals surface area contributed by atoms with Crippen molar-refractivity contribution in [2.24, 2.45) is 0 Å². The number of aromatic hydroxyl groups is 2. The van der Waals surface area contributed by atoms with E-state index >= 15 is 0 Å². The molecule has 2 nitrogen and oxygen atoms in total. The number of phenols is 2. The Morgan fingerprint density at radius 1 is 0.696 bits per heavy atom. The molecular weight excluding hydrogens is 291 g/mol. The molecule has 0 aliphatic carbocycles. The predicted octanol–water partition coefficient (Wildman–Crippen LogP) is 5.31. The third kappa shape index (κ3) is 1.80. The van der Waals surface area contributed by atoms with Crippen LogP contribution in [0, 0.1) is 19.7 Å². The molecule has 0 atom stereocenters. The lowest BCUT2D eigenvalue weighted by atomic mass is 9.90. The van der Waals surface area contributed by atoms with Gasteiger partial charge in [0.25, 0.3) is 0 Å². The number of halogens is 1. The molecular formula is C20H15FO2. The normalized spacial score (nSPS) is 11.6. The minimum atomic E-state index is -0.247. The summed E-state index contributed by atoms with van der Waals surface area (Å²) in [5, 5.41) is 25.3. The molecule has 0 unspecified atom stereocenters. The van der Waals surface area contributed by atoms with Crippen molar-refractivity contribution < 1.29 is 14.6 Å². The number of aryl methyl sites for hydroxylation is 2. The van der Waals surface area contributed by atoms with E-state index in [2.05, 4.69) is 0 Å². The fourth-order valence-corrected chi connectivity index (χ4v) is 3.53. The maximum atomic E-state index is 13.6. The van der Waals surface area contributed by atoms with Gasteiger partial charge in [-0.15, -0.1) is 0 Å². The van der Waals surface area contributed by atoms with Gasteiger partial charge in [-0.1, -0.05) is 12.1 Å². The SMILES string of the molecule is Cc1c2cc(F)ccc2c(C)c2c1ccc1c(O)c(O)ccc12. The highest BCUT2D eigenvalue weighted by atomic mass is 19.1. The van der Waals surface area contributed by atoms with Crippen LogP contribution in [0.1, 0.15) is 11.1 Å². The molecule has 4 aromatic rings. The number of hydrogen-bond donors (Lipinski definition) is 2. The molecule has 0 spiro atoms. The lowest BCUT2D eigenvalue weighted by Gasteiger charge is -2.15. The van der Waals surface area contributed by atoms with Gasteiger partial charge in [0.05, 0.1) is 0 Å². The van der Waals surface area contributed by atoms with E-state index in [1.54, 1.807) is 18.2 Å². The zero-order valence-electron chi connectivity index (χ0n) is 12.8. The maximum absolute atomic E-state index is 13.6. The van der Waals surface area contributed by atoms with Crippen LogP contribution in [0.2, 0.25) is 0 Å². The van der Waals surface area contributed by atoms with Crippen molar-refractivity contribution in [2.45, 2.75) is 13.8 Å². The van der Waals surface area contributed by atoms with Gasteiger partial charge in [0.2, 0.25) is 0 Å². The number of fused-ring (bicyclic) bond motifs is 4. The summed E-state index contributed by atoms with van der Waals surface area (Å²) in [7, 11) is 0. The molecule has 114 valence electrons. The fourth-order valence-electron chi connectivity index (χ4n) is 3.53. The average molecular weight is 306 g/mol. The summed E-state index contributed by atoms with van der Waals surface area (Å²) in [6.07, 6.45) is 0. The van der Waals surface area contributed by atoms with Crippen molar-refractivity contribution in [2.75, 3.05) is 0 Å². The molecule has 0 amide bonds. The van der Waals surface area contributed by atoms with Crippen LogP contribution in [0.4, 0.5) is 4.39 Å². The smallest absolute Gasteiger partial charge is 0.165 e. The Kier molecular flexibility index (Phi) is 2.76. The number of hydrogen-bond acceptors (Lipinski definition) is 2. The van der Waals surface area contributed by atoms with E-state index in [1.807, 2.05) is 26.0 Å². The van der Waals surface area contributed by atoms with E-state index in [9.17, 15) is 14.6 Å². The molecule has 4 aromatic carbocycles. The first-order valence-electron chi connectivity index (χ1n) is 7.45. The summed E-state index contributed by atoms with van der Waals surface area (Å²) in [5.41, 5.74) is 2.05. The van der Waals surface area contributed by atoms with Crippen LogP contribution in [-0.2, 0) is 0 Å². The van der Waals surface area contributed by atoms with Gasteiger partial charge in [0.15, 0.2) is 11.5 Å². The van der Waals surface area contributed by atoms with Crippen molar-refractivity contribution in [1.82, 2.24) is 0 Å². The minimum absolute atomic E-state index is 0.111. The third-order valence-corrected chi connectivity index (χ3v) is 4.72. The Balaban J connectivity index is 2.32. The highest BCUT2D eigenvalue weighted by Gasteiger charge is 2.14. The predicted molar refractivity (Wildman–Crippen MR) is 91.7 cm³/mol. The number of rotatable bonds is 0. The second-order valence-electron chi connectivity index (χ2n) is 5.96. The summed E-state index contributed by atoms with van der Waals surface area (Å²) < 4.78 is 13.6. The first-order chi connectivity index (χ1) is 11.0. The lowest BCUT2D eigenvalue weighted by molar-refractivity contribution is 0.408. The molecule has 0 aliphatic rings. The van der Waals surface area contributed by atoms with Gasteiger partial charge >= 0.3 is 0 Å². The molecule has 0 saturated heterocycles. The van der Waals surface area contributed by atoms with Crippen LogP contribution >= 0.6 is 0 Å². The topological polar surface area (TPSA) is 40.5 Å². The molecule has 2 N–H and O–H groups in total. The van der Waals surface area contributed by atoms with Gasteiger partial charge in [-0.05, 0) is 82.2 Å². The summed E-state index contributed by atoms with van der Waals surface area (Å²) in [6, 6.07) is 11.9. The van der Waals surface area contributed by atoms with Gasteiger partial charge in [0.1, 0.15) is 5.82 Å². The maximum Gasteiger partial charge on any atom is 0.165 e. The average Bonchev–Trinajstić information content (AvgIpc) is 2.55. The molecule has 0 aliphatic heterocycles. The van der Waals surface area contributed by atoms with E-state index in [4.69, 9.17) is 0 Å². The van der Waals surface area contributed by atoms with Gasteiger partial charge in [-0.2, -0.15) is 0 Å². The van der Waals surface area contributed by atoms with E-state index < -0.39 is 0 Å². The Bertz CT molecular complexity index is 1110. The van der Waals surface area contributed by atoms with E-state index in [0.29, 0.717) is 5.39 Å². The van der Waals surface area contributed by atoms with Crippen LogP contribution in [0.3, 0.4) is 0 Å². The van der Waals surface area contributed by atoms with E-state index in [-0.39, 0.29) is 17.3 Å². The van der Waals surface area contributed by atoms with Crippen molar-refractivity contribution in [3.05, 3.63) is 59.4 Å². The summed E-state index contributed by atoms with van der Waals surface area (Å²) in [5.74, 6) is -0.488. The quantitative estimate of drug-likeness (QED) is 0.262. The largest absolute Gasteiger partial charge is 0.504 e. The van der Waals surface area contributed by atoms with Crippen LogP contribution < -0.4 is 0 Å². The van der Waals surface area contributed by atoms with Crippen LogP contribution in [0.15, 0.2) is 42.5 Å². The monoisotopic (exact) mass is 306 g/mol. The van der Waals surface area contributed by atoms with Crippen LogP contribution in [0.25, 0.3) is 32.3 Å². The zero-order valence-corrected chi connectivity index (χ0v) is 12.8. The first-order valence-corrected chi connectivity index (χ1v) is 7.45. The van der Waals surface area contributed by atoms with E-state index in [0.717, 1.165) is 38.1 Å². The molecule has 4 rings (SSSR count). The third-order valence-electron chi connectivity index (χ3n) is 4.72. The number of phenolic OH excluding ortho intramolecular Hbond substituents is 2. The molecule has 0 fully saturated rings. The van der Waals surface area contributed by atoms with Crippen LogP contribution in [0.5, 0.6) is 11.5 Å². The zero-order chi connectivity index (χ0) is 16.3. The second kappa shape index (κ2) is 4.59. The standard InChI is InChI=1S/C20H15FO2/c1-10-14-5-6-16-15(7-8-18(22)20(16)23)19(14)11(2)13-4-3-12(21)9-17(10)13/h3-9,22-23H,1-2H3. The Hall–Kier alpha value is -2.81. The Morgan fingerprint density at radius 3 is 2.13 bits per heavy atom. The molecule has 0 aromatic heterocycles. The molecule has 0 saturated carbocycles. The van der Waals surface area contributed by atoms with Crippen molar-refractivity contribution in [3.63, 3.8) is 0 Å². The first kappa shape index (κ1) is 13.8. The van der Waals surface area contributed by atoms with Gasteiger partial charge < -0.3 is 10.2 Å². The summed E-state index contributed by atoms with van der Waals surface area (Å²) in [6.45, 7) is 3.99. The van der Waals surface area contributed by atoms with Crippen molar-refractivity contribution >= 4 is 32.3 Å². The molecule has 0 bridgehead atoms. The Morgan fingerprint density at radius 2 is 1.35 bits per heavy atom. The van der Waals surface area contributed by atoms with Gasteiger partial charge in [-0.3, -0.25) is 0 Å². The highest BCUT2D eigenvalue weighted by Crippen LogP contribution is 2.41. The Labute approximate surface area is 132 Å². The number of benzene rings is 4. The second-order valence-corrected chi connectivity index (χ2v) is 5.96. The minimum Gasteiger partial charge on any atom is -0.504 e.